The van der Waals surface area contributed by atoms with Gasteiger partial charge in [0.1, 0.15) is 0 Å². The first kappa shape index (κ1) is 25.5. The van der Waals surface area contributed by atoms with Crippen LogP contribution in [-0.4, -0.2) is 40.4 Å². The summed E-state index contributed by atoms with van der Waals surface area (Å²) in [5.74, 6) is 1.26. The van der Waals surface area contributed by atoms with E-state index in [1.165, 1.54) is 74.5 Å². The molecule has 0 spiro atoms. The highest BCUT2D eigenvalue weighted by Crippen LogP contribution is 2.42. The third-order valence-electron chi connectivity index (χ3n) is 7.01. The van der Waals surface area contributed by atoms with Gasteiger partial charge in [0.15, 0.2) is 5.13 Å². The van der Waals surface area contributed by atoms with Gasteiger partial charge in [-0.15, -0.1) is 11.8 Å². The number of aromatic nitrogens is 1. The smallest absolute Gasteiger partial charge is 0.313 e. The molecule has 1 unspecified atom stereocenters. The molecule has 1 amide bonds. The normalized spacial score (nSPS) is 23.4. The molecule has 2 aliphatic carbocycles. The van der Waals surface area contributed by atoms with Gasteiger partial charge in [-0.2, -0.15) is 0 Å². The molecule has 2 aliphatic rings. The minimum atomic E-state index is -0.853. The lowest BCUT2D eigenvalue weighted by Gasteiger charge is -2.38. The number of nitrogens with zero attached hydrogens (tertiary/aromatic N) is 1. The van der Waals surface area contributed by atoms with Crippen LogP contribution in [0.2, 0.25) is 0 Å². The van der Waals surface area contributed by atoms with Crippen LogP contribution in [0.5, 0.6) is 0 Å². The van der Waals surface area contributed by atoms with Crippen LogP contribution >= 0.6 is 23.1 Å². The third-order valence-corrected chi connectivity index (χ3v) is 9.10. The van der Waals surface area contributed by atoms with Crippen LogP contribution in [0.25, 0.3) is 0 Å². The number of thiazole rings is 1. The van der Waals surface area contributed by atoms with Crippen molar-refractivity contribution < 1.29 is 19.4 Å². The van der Waals surface area contributed by atoms with E-state index in [1.807, 2.05) is 0 Å². The molecule has 0 aromatic carbocycles. The molecule has 0 saturated heterocycles. The number of nitrogens with one attached hydrogen (secondary N) is 1. The van der Waals surface area contributed by atoms with Crippen molar-refractivity contribution in [3.05, 3.63) is 6.20 Å². The predicted octanol–water partition coefficient (Wildman–Crippen LogP) is 6.22. The van der Waals surface area contributed by atoms with Crippen molar-refractivity contribution in [3.63, 3.8) is 0 Å². The molecular weight excluding hydrogens is 444 g/mol. The molecule has 2 N–H and O–H groups in total. The Labute approximate surface area is 200 Å². The number of aliphatic carboxylic acids is 1. The molecule has 3 rings (SSSR count). The lowest BCUT2D eigenvalue weighted by Crippen LogP contribution is -2.31. The van der Waals surface area contributed by atoms with Gasteiger partial charge in [0, 0.05) is 13.0 Å². The van der Waals surface area contributed by atoms with Crippen molar-refractivity contribution in [2.24, 2.45) is 17.8 Å². The molecule has 8 heteroatoms. The van der Waals surface area contributed by atoms with Crippen LogP contribution in [0.4, 0.5) is 5.13 Å². The molecule has 1 heterocycles. The van der Waals surface area contributed by atoms with Crippen LogP contribution in [0.1, 0.15) is 84.0 Å². The fourth-order valence-electron chi connectivity index (χ4n) is 5.51. The summed E-state index contributed by atoms with van der Waals surface area (Å²) in [6.07, 6.45) is 16.3. The third kappa shape index (κ3) is 8.34. The van der Waals surface area contributed by atoms with Gasteiger partial charge >= 0.3 is 5.97 Å². The van der Waals surface area contributed by atoms with E-state index in [0.29, 0.717) is 29.5 Å². The molecule has 1 aromatic heterocycles. The average molecular weight is 483 g/mol. The minimum Gasteiger partial charge on any atom is -0.481 e. The Kier molecular flexibility index (Phi) is 10.8. The Morgan fingerprint density at radius 3 is 2.50 bits per heavy atom. The Bertz CT molecular complexity index is 711. The largest absolute Gasteiger partial charge is 0.481 e. The monoisotopic (exact) mass is 482 g/mol. The van der Waals surface area contributed by atoms with Crippen molar-refractivity contribution in [1.29, 1.82) is 0 Å². The van der Waals surface area contributed by atoms with Gasteiger partial charge in [-0.3, -0.25) is 9.59 Å². The molecule has 180 valence electrons. The molecular formula is C24H38N2O4S2. The zero-order valence-corrected chi connectivity index (χ0v) is 20.9. The van der Waals surface area contributed by atoms with Gasteiger partial charge < -0.3 is 15.2 Å². The minimum absolute atomic E-state index is 0.00416. The number of carboxylic acid groups (broad SMARTS) is 1. The van der Waals surface area contributed by atoms with Crippen LogP contribution < -0.4 is 5.32 Å². The summed E-state index contributed by atoms with van der Waals surface area (Å²) >= 11 is 2.58. The highest BCUT2D eigenvalue weighted by molar-refractivity contribution is 8.01. The number of carboxylic acids is 1. The van der Waals surface area contributed by atoms with Crippen molar-refractivity contribution in [2.45, 2.75) is 94.3 Å². The van der Waals surface area contributed by atoms with E-state index in [0.717, 1.165) is 36.0 Å². The Hall–Kier alpha value is -1.12. The van der Waals surface area contributed by atoms with E-state index in [1.54, 1.807) is 6.20 Å². The average Bonchev–Trinajstić information content (AvgIpc) is 3.05. The van der Waals surface area contributed by atoms with Crippen molar-refractivity contribution in [1.82, 2.24) is 4.98 Å². The van der Waals surface area contributed by atoms with Crippen LogP contribution in [0.3, 0.4) is 0 Å². The fraction of sp³-hybridized carbons (Fsp3) is 0.792. The van der Waals surface area contributed by atoms with Crippen LogP contribution in [0.15, 0.2) is 10.4 Å². The number of carbonyl (C=O) groups excluding carboxylic acids is 1. The Morgan fingerprint density at radius 2 is 1.84 bits per heavy atom. The molecule has 6 nitrogen and oxygen atoms in total. The number of hydrogen-bond donors (Lipinski definition) is 2. The van der Waals surface area contributed by atoms with Gasteiger partial charge in [-0.1, -0.05) is 49.9 Å². The zero-order chi connectivity index (χ0) is 22.8. The number of hydrogen-bond acceptors (Lipinski definition) is 6. The van der Waals surface area contributed by atoms with Gasteiger partial charge in [0.2, 0.25) is 5.91 Å². The molecule has 2 fully saturated rings. The van der Waals surface area contributed by atoms with Crippen LogP contribution in [0, 0.1) is 17.8 Å². The van der Waals surface area contributed by atoms with Gasteiger partial charge in [-0.05, 0) is 56.8 Å². The topological polar surface area (TPSA) is 88.5 Å². The number of ether oxygens (including phenoxy) is 1. The lowest BCUT2D eigenvalue weighted by molar-refractivity contribution is -0.133. The van der Waals surface area contributed by atoms with Crippen LogP contribution in [-0.2, 0) is 14.3 Å². The summed E-state index contributed by atoms with van der Waals surface area (Å²) in [6.45, 7) is 2.88. The summed E-state index contributed by atoms with van der Waals surface area (Å²) in [5, 5.41) is 12.3. The summed E-state index contributed by atoms with van der Waals surface area (Å²) < 4.78 is 6.68. The fourth-order valence-corrected chi connectivity index (χ4v) is 7.12. The van der Waals surface area contributed by atoms with E-state index in [4.69, 9.17) is 9.84 Å². The van der Waals surface area contributed by atoms with Crippen molar-refractivity contribution >= 4 is 40.1 Å². The first-order valence-electron chi connectivity index (χ1n) is 12.3. The van der Waals surface area contributed by atoms with E-state index >= 15 is 0 Å². The molecule has 0 bridgehead atoms. The van der Waals surface area contributed by atoms with Gasteiger partial charge in [0.05, 0.1) is 22.3 Å². The SMILES string of the molecule is CCOC1CCC(C(CCC(=O)Nc2ncc(SCC(=O)O)s2)C2CCCCCC2)CC1. The first-order valence-corrected chi connectivity index (χ1v) is 14.1. The van der Waals surface area contributed by atoms with Crippen molar-refractivity contribution in [3.8, 4) is 0 Å². The summed E-state index contributed by atoms with van der Waals surface area (Å²) in [6, 6.07) is 0. The van der Waals surface area contributed by atoms with E-state index < -0.39 is 5.97 Å². The molecule has 1 atom stereocenters. The van der Waals surface area contributed by atoms with Gasteiger partial charge in [0.25, 0.3) is 0 Å². The number of rotatable bonds is 11. The quantitative estimate of drug-likeness (QED) is 0.287. The first-order chi connectivity index (χ1) is 15.5. The summed E-state index contributed by atoms with van der Waals surface area (Å²) in [5.41, 5.74) is 0. The number of thioether (sulfide) groups is 1. The molecule has 2 saturated carbocycles. The Balaban J connectivity index is 1.53. The van der Waals surface area contributed by atoms with Gasteiger partial charge in [-0.25, -0.2) is 4.98 Å². The molecule has 0 aliphatic heterocycles. The molecule has 32 heavy (non-hydrogen) atoms. The second-order valence-corrected chi connectivity index (χ2v) is 11.5. The number of amides is 1. The van der Waals surface area contributed by atoms with E-state index in [2.05, 4.69) is 17.2 Å². The summed E-state index contributed by atoms with van der Waals surface area (Å²) in [7, 11) is 0. The Morgan fingerprint density at radius 1 is 1.16 bits per heavy atom. The standard InChI is InChI=1S/C24H38N2O4S2/c1-2-30-19-11-9-18(10-12-19)20(17-7-5-3-4-6-8-17)13-14-21(27)26-24-25-15-23(32-24)31-16-22(28)29/h15,17-20H,2-14,16H2,1H3,(H,28,29)(H,25,26,27). The van der Waals surface area contributed by atoms with Crippen molar-refractivity contribution in [2.75, 3.05) is 17.7 Å². The number of carbonyl (C=O) groups is 2. The maximum Gasteiger partial charge on any atom is 0.313 e. The lowest BCUT2D eigenvalue weighted by atomic mass is 9.69. The second-order valence-electron chi connectivity index (χ2n) is 9.16. The predicted molar refractivity (Wildman–Crippen MR) is 130 cm³/mol. The van der Waals surface area contributed by atoms with E-state index in [9.17, 15) is 9.59 Å². The molecule has 1 aromatic rings. The highest BCUT2D eigenvalue weighted by Gasteiger charge is 2.33. The number of anilines is 1. The maximum atomic E-state index is 12.7. The summed E-state index contributed by atoms with van der Waals surface area (Å²) in [4.78, 5) is 27.7. The second kappa shape index (κ2) is 13.6. The maximum absolute atomic E-state index is 12.7. The highest BCUT2D eigenvalue weighted by atomic mass is 32.2. The zero-order valence-electron chi connectivity index (χ0n) is 19.2. The molecule has 0 radical (unpaired) electrons. The van der Waals surface area contributed by atoms with E-state index in [-0.39, 0.29) is 11.7 Å².